The van der Waals surface area contributed by atoms with E-state index >= 15 is 0 Å². The fourth-order valence-corrected chi connectivity index (χ4v) is 4.84. The molecule has 1 aromatic carbocycles. The zero-order valence-corrected chi connectivity index (χ0v) is 13.6. The van der Waals surface area contributed by atoms with E-state index in [-0.39, 0.29) is 16.5 Å². The second-order valence-corrected chi connectivity index (χ2v) is 7.57. The largest absolute Gasteiger partial charge is 0.385 e. The van der Waals surface area contributed by atoms with Crippen molar-refractivity contribution in [2.45, 2.75) is 30.2 Å². The molecule has 3 rings (SSSR count). The van der Waals surface area contributed by atoms with Crippen LogP contribution in [-0.4, -0.2) is 50.7 Å². The molecule has 0 bridgehead atoms. The quantitative estimate of drug-likeness (QED) is 0.809. The van der Waals surface area contributed by atoms with Gasteiger partial charge in [-0.3, -0.25) is 9.59 Å². The van der Waals surface area contributed by atoms with Crippen LogP contribution < -0.4 is 5.32 Å². The van der Waals surface area contributed by atoms with E-state index in [9.17, 15) is 18.0 Å². The maximum absolute atomic E-state index is 12.9. The third-order valence-corrected chi connectivity index (χ3v) is 6.22. The highest BCUT2D eigenvalue weighted by molar-refractivity contribution is 7.89. The summed E-state index contributed by atoms with van der Waals surface area (Å²) in [6.45, 7) is 0.955. The van der Waals surface area contributed by atoms with Crippen LogP contribution in [0.15, 0.2) is 23.1 Å². The summed E-state index contributed by atoms with van der Waals surface area (Å²) < 4.78 is 32.2. The normalized spacial score (nSPS) is 21.5. The first-order chi connectivity index (χ1) is 10.9. The SMILES string of the molecule is COCC[C@@H]1CCCN1S(=O)(=O)c1ccc2c(c1)C(=O)C(=O)N2. The minimum atomic E-state index is -3.69. The van der Waals surface area contributed by atoms with Crippen LogP contribution in [0.3, 0.4) is 0 Å². The van der Waals surface area contributed by atoms with Crippen LogP contribution in [0.5, 0.6) is 0 Å². The molecule has 23 heavy (non-hydrogen) atoms. The van der Waals surface area contributed by atoms with E-state index in [0.717, 1.165) is 12.8 Å². The van der Waals surface area contributed by atoms with Gasteiger partial charge in [-0.05, 0) is 37.5 Å². The molecule has 1 atom stereocenters. The summed E-state index contributed by atoms with van der Waals surface area (Å²) in [5, 5.41) is 2.42. The van der Waals surface area contributed by atoms with Gasteiger partial charge in [-0.1, -0.05) is 0 Å². The van der Waals surface area contributed by atoms with Crippen molar-refractivity contribution in [2.24, 2.45) is 0 Å². The third kappa shape index (κ3) is 2.77. The number of methoxy groups -OCH3 is 1. The van der Waals surface area contributed by atoms with Gasteiger partial charge >= 0.3 is 0 Å². The second kappa shape index (κ2) is 6.03. The molecule has 124 valence electrons. The monoisotopic (exact) mass is 338 g/mol. The second-order valence-electron chi connectivity index (χ2n) is 5.68. The molecule has 2 heterocycles. The fraction of sp³-hybridized carbons (Fsp3) is 0.467. The Kier molecular flexibility index (Phi) is 4.22. The Labute approximate surface area is 134 Å². The smallest absolute Gasteiger partial charge is 0.296 e. The van der Waals surface area contributed by atoms with Crippen molar-refractivity contribution in [3.8, 4) is 0 Å². The van der Waals surface area contributed by atoms with E-state index in [1.165, 1.54) is 22.5 Å². The number of carbonyl (C=O) groups is 2. The first-order valence-electron chi connectivity index (χ1n) is 7.45. The molecule has 0 aliphatic carbocycles. The van der Waals surface area contributed by atoms with E-state index in [1.54, 1.807) is 7.11 Å². The molecule has 8 heteroatoms. The van der Waals surface area contributed by atoms with Gasteiger partial charge in [-0.15, -0.1) is 0 Å². The zero-order chi connectivity index (χ0) is 16.6. The number of anilines is 1. The standard InChI is InChI=1S/C15H18N2O5S/c1-22-8-6-10-3-2-7-17(10)23(20,21)11-4-5-13-12(9-11)14(18)15(19)16-13/h4-5,9-10H,2-3,6-8H2,1H3,(H,16,18,19)/t10-/m0/s1. The van der Waals surface area contributed by atoms with E-state index in [4.69, 9.17) is 4.74 Å². The van der Waals surface area contributed by atoms with Crippen molar-refractivity contribution in [1.82, 2.24) is 4.31 Å². The molecule has 1 N–H and O–H groups in total. The number of nitrogens with zero attached hydrogens (tertiary/aromatic N) is 1. The molecule has 1 saturated heterocycles. The predicted octanol–water partition coefficient (Wildman–Crippen LogP) is 1.01. The molecule has 1 amide bonds. The lowest BCUT2D eigenvalue weighted by atomic mass is 10.1. The lowest BCUT2D eigenvalue weighted by molar-refractivity contribution is -0.112. The van der Waals surface area contributed by atoms with Gasteiger partial charge in [0.25, 0.3) is 11.7 Å². The Morgan fingerprint density at radius 3 is 2.87 bits per heavy atom. The number of ether oxygens (including phenoxy) is 1. The maximum atomic E-state index is 12.9. The van der Waals surface area contributed by atoms with Gasteiger partial charge in [0.1, 0.15) is 0 Å². The molecule has 2 aliphatic rings. The Balaban J connectivity index is 1.92. The summed E-state index contributed by atoms with van der Waals surface area (Å²) in [6.07, 6.45) is 2.24. The Morgan fingerprint density at radius 2 is 2.13 bits per heavy atom. The van der Waals surface area contributed by atoms with E-state index in [0.29, 0.717) is 25.3 Å². The van der Waals surface area contributed by atoms with Gasteiger partial charge in [-0.2, -0.15) is 4.31 Å². The van der Waals surface area contributed by atoms with Gasteiger partial charge in [0, 0.05) is 26.3 Å². The third-order valence-electron chi connectivity index (χ3n) is 4.27. The number of rotatable bonds is 5. The highest BCUT2D eigenvalue weighted by Crippen LogP contribution is 2.31. The summed E-state index contributed by atoms with van der Waals surface area (Å²) in [7, 11) is -2.11. The summed E-state index contributed by atoms with van der Waals surface area (Å²) in [6, 6.07) is 4.09. The number of sulfonamides is 1. The Morgan fingerprint density at radius 1 is 1.35 bits per heavy atom. The molecule has 0 spiro atoms. The Bertz CT molecular complexity index is 759. The number of benzene rings is 1. The van der Waals surface area contributed by atoms with Gasteiger partial charge < -0.3 is 10.1 Å². The molecule has 1 aromatic rings. The van der Waals surface area contributed by atoms with Crippen LogP contribution in [0, 0.1) is 0 Å². The highest BCUT2D eigenvalue weighted by Gasteiger charge is 2.36. The van der Waals surface area contributed by atoms with Crippen molar-refractivity contribution in [2.75, 3.05) is 25.6 Å². The number of fused-ring (bicyclic) bond motifs is 1. The first kappa shape index (κ1) is 16.1. The van der Waals surface area contributed by atoms with Gasteiger partial charge in [-0.25, -0.2) is 8.42 Å². The molecule has 0 saturated carbocycles. The molecule has 0 unspecified atom stereocenters. The predicted molar refractivity (Wildman–Crippen MR) is 82.8 cm³/mol. The van der Waals surface area contributed by atoms with Crippen molar-refractivity contribution >= 4 is 27.4 Å². The van der Waals surface area contributed by atoms with Gasteiger partial charge in [0.05, 0.1) is 16.1 Å². The van der Waals surface area contributed by atoms with Crippen molar-refractivity contribution in [1.29, 1.82) is 0 Å². The molecule has 1 fully saturated rings. The van der Waals surface area contributed by atoms with Crippen LogP contribution in [0.4, 0.5) is 5.69 Å². The van der Waals surface area contributed by atoms with E-state index in [2.05, 4.69) is 5.32 Å². The number of ketones is 1. The molecule has 2 aliphatic heterocycles. The van der Waals surface area contributed by atoms with Crippen LogP contribution in [0.1, 0.15) is 29.6 Å². The Hall–Kier alpha value is -1.77. The van der Waals surface area contributed by atoms with Crippen molar-refractivity contribution in [3.05, 3.63) is 23.8 Å². The van der Waals surface area contributed by atoms with Crippen LogP contribution in [0.25, 0.3) is 0 Å². The lowest BCUT2D eigenvalue weighted by Gasteiger charge is -2.24. The number of hydrogen-bond donors (Lipinski definition) is 1. The molecule has 0 aromatic heterocycles. The average molecular weight is 338 g/mol. The van der Waals surface area contributed by atoms with E-state index < -0.39 is 21.7 Å². The van der Waals surface area contributed by atoms with Crippen LogP contribution >= 0.6 is 0 Å². The van der Waals surface area contributed by atoms with Gasteiger partial charge in [0.2, 0.25) is 10.0 Å². The van der Waals surface area contributed by atoms with Crippen LogP contribution in [-0.2, 0) is 19.6 Å². The summed E-state index contributed by atoms with van der Waals surface area (Å²) in [5.41, 5.74) is 0.472. The van der Waals surface area contributed by atoms with E-state index in [1.807, 2.05) is 0 Å². The maximum Gasteiger partial charge on any atom is 0.296 e. The summed E-state index contributed by atoms with van der Waals surface area (Å²) >= 11 is 0. The highest BCUT2D eigenvalue weighted by atomic mass is 32.2. The number of hydrogen-bond acceptors (Lipinski definition) is 5. The number of Topliss-reactive ketones (excluding diaryl/α,β-unsaturated/α-hetero) is 1. The molecular weight excluding hydrogens is 320 g/mol. The summed E-state index contributed by atoms with van der Waals surface area (Å²) in [5.74, 6) is -1.43. The number of nitrogens with one attached hydrogen (secondary N) is 1. The van der Waals surface area contributed by atoms with Gasteiger partial charge in [0.15, 0.2) is 0 Å². The first-order valence-corrected chi connectivity index (χ1v) is 8.89. The van der Waals surface area contributed by atoms with Crippen molar-refractivity contribution in [3.63, 3.8) is 0 Å². The minimum absolute atomic E-state index is 0.0467. The minimum Gasteiger partial charge on any atom is -0.385 e. The fourth-order valence-electron chi connectivity index (χ4n) is 3.09. The molecule has 7 nitrogen and oxygen atoms in total. The molecule has 0 radical (unpaired) electrons. The van der Waals surface area contributed by atoms with Crippen molar-refractivity contribution < 1.29 is 22.7 Å². The average Bonchev–Trinajstić information content (AvgIpc) is 3.11. The zero-order valence-electron chi connectivity index (χ0n) is 12.7. The summed E-state index contributed by atoms with van der Waals surface area (Å²) in [4.78, 5) is 23.2. The molecular formula is C15H18N2O5S. The number of carbonyl (C=O) groups excluding carboxylic acids is 2. The topological polar surface area (TPSA) is 92.8 Å². The lowest BCUT2D eigenvalue weighted by Crippen LogP contribution is -2.36. The van der Waals surface area contributed by atoms with Crippen LogP contribution in [0.2, 0.25) is 0 Å². The number of amides is 1.